The highest BCUT2D eigenvalue weighted by atomic mass is 14.9. The minimum atomic E-state index is 0.354. The Morgan fingerprint density at radius 3 is 3.06 bits per heavy atom. The van der Waals surface area contributed by atoms with Crippen LogP contribution in [0.15, 0.2) is 18.3 Å². The molecule has 1 atom stereocenters. The van der Waals surface area contributed by atoms with E-state index in [0.29, 0.717) is 17.2 Å². The van der Waals surface area contributed by atoms with E-state index >= 15 is 0 Å². The van der Waals surface area contributed by atoms with Crippen molar-refractivity contribution in [2.75, 3.05) is 0 Å². The van der Waals surface area contributed by atoms with Crippen LogP contribution in [0.1, 0.15) is 50.8 Å². The summed E-state index contributed by atoms with van der Waals surface area (Å²) < 4.78 is 0. The van der Waals surface area contributed by atoms with Gasteiger partial charge in [0, 0.05) is 24.3 Å². The van der Waals surface area contributed by atoms with Crippen molar-refractivity contribution in [1.29, 1.82) is 5.26 Å². The van der Waals surface area contributed by atoms with Crippen LogP contribution in [0, 0.1) is 16.7 Å². The normalized spacial score (nSPS) is 22.4. The maximum atomic E-state index is 9.02. The number of aromatic nitrogens is 1. The molecule has 0 spiro atoms. The molecule has 3 heteroatoms. The Bertz CT molecular complexity index is 445. The second-order valence-corrected chi connectivity index (χ2v) is 5.79. The fourth-order valence-corrected chi connectivity index (χ4v) is 2.79. The zero-order valence-corrected chi connectivity index (χ0v) is 11.2. The first-order chi connectivity index (χ1) is 8.63. The van der Waals surface area contributed by atoms with Gasteiger partial charge in [-0.2, -0.15) is 5.26 Å². The van der Waals surface area contributed by atoms with Gasteiger partial charge in [-0.1, -0.05) is 32.8 Å². The lowest BCUT2D eigenvalue weighted by Gasteiger charge is -2.39. The summed E-state index contributed by atoms with van der Waals surface area (Å²) in [4.78, 5) is 4.10. The first-order valence-electron chi connectivity index (χ1n) is 6.71. The van der Waals surface area contributed by atoms with E-state index < -0.39 is 0 Å². The summed E-state index contributed by atoms with van der Waals surface area (Å²) in [5, 5.41) is 12.6. The SMILES string of the molecule is CC1(C)CCCCC1NCc1cccnc1C#N. The lowest BCUT2D eigenvalue weighted by molar-refractivity contribution is 0.166. The summed E-state index contributed by atoms with van der Waals surface area (Å²) in [6.07, 6.45) is 6.82. The van der Waals surface area contributed by atoms with Crippen LogP contribution in [-0.2, 0) is 6.54 Å². The number of hydrogen-bond donors (Lipinski definition) is 1. The van der Waals surface area contributed by atoms with Crippen molar-refractivity contribution in [3.05, 3.63) is 29.6 Å². The van der Waals surface area contributed by atoms with E-state index in [1.807, 2.05) is 12.1 Å². The van der Waals surface area contributed by atoms with Crippen molar-refractivity contribution < 1.29 is 0 Å². The number of pyridine rings is 1. The molecule has 2 rings (SSSR count). The highest BCUT2D eigenvalue weighted by Crippen LogP contribution is 2.35. The minimum Gasteiger partial charge on any atom is -0.309 e. The van der Waals surface area contributed by atoms with Crippen LogP contribution in [0.2, 0.25) is 0 Å². The molecule has 1 aliphatic rings. The molecule has 1 aliphatic carbocycles. The first kappa shape index (κ1) is 13.0. The van der Waals surface area contributed by atoms with E-state index in [-0.39, 0.29) is 0 Å². The zero-order chi connectivity index (χ0) is 13.0. The maximum Gasteiger partial charge on any atom is 0.144 e. The van der Waals surface area contributed by atoms with Gasteiger partial charge in [0.2, 0.25) is 0 Å². The Balaban J connectivity index is 2.01. The van der Waals surface area contributed by atoms with Crippen LogP contribution in [0.3, 0.4) is 0 Å². The van der Waals surface area contributed by atoms with Gasteiger partial charge in [-0.3, -0.25) is 0 Å². The Labute approximate surface area is 109 Å². The van der Waals surface area contributed by atoms with Crippen LogP contribution in [0.4, 0.5) is 0 Å². The molecular formula is C15H21N3. The molecule has 1 fully saturated rings. The molecule has 3 nitrogen and oxygen atoms in total. The highest BCUT2D eigenvalue weighted by molar-refractivity contribution is 5.30. The van der Waals surface area contributed by atoms with Gasteiger partial charge in [-0.25, -0.2) is 4.98 Å². The number of hydrogen-bond acceptors (Lipinski definition) is 3. The van der Waals surface area contributed by atoms with Gasteiger partial charge >= 0.3 is 0 Å². The first-order valence-corrected chi connectivity index (χ1v) is 6.71. The third kappa shape index (κ3) is 2.88. The van der Waals surface area contributed by atoms with Gasteiger partial charge in [0.1, 0.15) is 11.8 Å². The predicted octanol–water partition coefficient (Wildman–Crippen LogP) is 3.01. The van der Waals surface area contributed by atoms with Crippen molar-refractivity contribution in [3.8, 4) is 6.07 Å². The number of rotatable bonds is 3. The molecule has 0 aliphatic heterocycles. The van der Waals surface area contributed by atoms with E-state index in [1.54, 1.807) is 6.20 Å². The molecule has 1 aromatic heterocycles. The fraction of sp³-hybridized carbons (Fsp3) is 0.600. The average molecular weight is 243 g/mol. The maximum absolute atomic E-state index is 9.02. The van der Waals surface area contributed by atoms with E-state index in [0.717, 1.165) is 12.1 Å². The number of nitriles is 1. The summed E-state index contributed by atoms with van der Waals surface area (Å²) >= 11 is 0. The Morgan fingerprint density at radius 1 is 1.50 bits per heavy atom. The van der Waals surface area contributed by atoms with Crippen LogP contribution >= 0.6 is 0 Å². The standard InChI is InChI=1S/C15H21N3/c1-15(2)8-4-3-7-14(15)18-11-12-6-5-9-17-13(12)10-16/h5-6,9,14,18H,3-4,7-8,11H2,1-2H3. The molecule has 1 unspecified atom stereocenters. The molecule has 1 N–H and O–H groups in total. The Hall–Kier alpha value is -1.40. The predicted molar refractivity (Wildman–Crippen MR) is 71.8 cm³/mol. The van der Waals surface area contributed by atoms with E-state index in [1.165, 1.54) is 25.7 Å². The fourth-order valence-electron chi connectivity index (χ4n) is 2.79. The molecule has 1 heterocycles. The quantitative estimate of drug-likeness (QED) is 0.887. The van der Waals surface area contributed by atoms with Crippen molar-refractivity contribution in [2.24, 2.45) is 5.41 Å². The molecule has 0 aromatic carbocycles. The molecule has 1 saturated carbocycles. The highest BCUT2D eigenvalue weighted by Gasteiger charge is 2.31. The molecule has 0 radical (unpaired) electrons. The van der Waals surface area contributed by atoms with Crippen molar-refractivity contribution in [1.82, 2.24) is 10.3 Å². The lowest BCUT2D eigenvalue weighted by atomic mass is 9.73. The van der Waals surface area contributed by atoms with E-state index in [2.05, 4.69) is 30.2 Å². The summed E-state index contributed by atoms with van der Waals surface area (Å²) in [5.74, 6) is 0. The van der Waals surface area contributed by atoms with Gasteiger partial charge in [0.15, 0.2) is 0 Å². The third-order valence-corrected chi connectivity index (χ3v) is 4.04. The molecular weight excluding hydrogens is 222 g/mol. The van der Waals surface area contributed by atoms with Crippen molar-refractivity contribution >= 4 is 0 Å². The number of nitrogens with one attached hydrogen (secondary N) is 1. The number of nitrogens with zero attached hydrogens (tertiary/aromatic N) is 2. The molecule has 0 saturated heterocycles. The topological polar surface area (TPSA) is 48.7 Å². The molecule has 1 aromatic rings. The monoisotopic (exact) mass is 243 g/mol. The second-order valence-electron chi connectivity index (χ2n) is 5.79. The van der Waals surface area contributed by atoms with Gasteiger partial charge in [-0.05, 0) is 24.3 Å². The van der Waals surface area contributed by atoms with Gasteiger partial charge in [-0.15, -0.1) is 0 Å². The van der Waals surface area contributed by atoms with Crippen molar-refractivity contribution in [3.63, 3.8) is 0 Å². The summed E-state index contributed by atoms with van der Waals surface area (Å²) in [6, 6.07) is 6.57. The molecule has 18 heavy (non-hydrogen) atoms. The molecule has 96 valence electrons. The van der Waals surface area contributed by atoms with Gasteiger partial charge in [0.05, 0.1) is 0 Å². The van der Waals surface area contributed by atoms with E-state index in [4.69, 9.17) is 5.26 Å². The molecule has 0 bridgehead atoms. The summed E-state index contributed by atoms with van der Waals surface area (Å²) in [7, 11) is 0. The largest absolute Gasteiger partial charge is 0.309 e. The third-order valence-electron chi connectivity index (χ3n) is 4.04. The van der Waals surface area contributed by atoms with Crippen LogP contribution in [0.5, 0.6) is 0 Å². The Kier molecular flexibility index (Phi) is 3.98. The average Bonchev–Trinajstić information content (AvgIpc) is 2.37. The van der Waals surface area contributed by atoms with E-state index in [9.17, 15) is 0 Å². The molecule has 0 amide bonds. The van der Waals surface area contributed by atoms with Crippen molar-refractivity contribution in [2.45, 2.75) is 52.1 Å². The van der Waals surface area contributed by atoms with Gasteiger partial charge in [0.25, 0.3) is 0 Å². The summed E-state index contributed by atoms with van der Waals surface area (Å²) in [6.45, 7) is 5.40. The zero-order valence-electron chi connectivity index (χ0n) is 11.2. The Morgan fingerprint density at radius 2 is 2.33 bits per heavy atom. The van der Waals surface area contributed by atoms with Crippen LogP contribution < -0.4 is 5.32 Å². The lowest BCUT2D eigenvalue weighted by Crippen LogP contribution is -2.43. The second kappa shape index (κ2) is 5.49. The minimum absolute atomic E-state index is 0.354. The van der Waals surface area contributed by atoms with Crippen LogP contribution in [0.25, 0.3) is 0 Å². The van der Waals surface area contributed by atoms with Crippen LogP contribution in [-0.4, -0.2) is 11.0 Å². The summed E-state index contributed by atoms with van der Waals surface area (Å²) in [5.41, 5.74) is 1.90. The smallest absolute Gasteiger partial charge is 0.144 e. The van der Waals surface area contributed by atoms with Gasteiger partial charge < -0.3 is 5.32 Å².